The van der Waals surface area contributed by atoms with Gasteiger partial charge < -0.3 is 14.8 Å². The maximum Gasteiger partial charge on any atom is 0.341 e. The number of hydrogen-bond acceptors (Lipinski definition) is 4. The van der Waals surface area contributed by atoms with Crippen molar-refractivity contribution < 1.29 is 19.1 Å². The van der Waals surface area contributed by atoms with E-state index in [0.29, 0.717) is 17.9 Å². The normalized spacial score (nSPS) is 14.8. The van der Waals surface area contributed by atoms with Gasteiger partial charge in [-0.25, -0.2) is 4.79 Å². The molecule has 0 radical (unpaired) electrons. The molecule has 0 aliphatic heterocycles. The van der Waals surface area contributed by atoms with Crippen LogP contribution < -0.4 is 10.1 Å². The summed E-state index contributed by atoms with van der Waals surface area (Å²) in [5.74, 6) is 0.0202. The maximum atomic E-state index is 12.9. The van der Waals surface area contributed by atoms with E-state index in [1.807, 2.05) is 36.4 Å². The van der Waals surface area contributed by atoms with Gasteiger partial charge in [-0.15, -0.1) is 0 Å². The van der Waals surface area contributed by atoms with E-state index in [9.17, 15) is 9.59 Å². The first-order valence-electron chi connectivity index (χ1n) is 8.70. The molecular formula is C21H23NO4. The van der Waals surface area contributed by atoms with Crippen LogP contribution in [0.1, 0.15) is 40.7 Å². The number of methoxy groups -OCH3 is 2. The van der Waals surface area contributed by atoms with Gasteiger partial charge in [0.15, 0.2) is 0 Å². The molecule has 0 atom stereocenters. The van der Waals surface area contributed by atoms with Gasteiger partial charge in [0.1, 0.15) is 11.3 Å². The van der Waals surface area contributed by atoms with Gasteiger partial charge >= 0.3 is 5.97 Å². The lowest BCUT2D eigenvalue weighted by Gasteiger charge is -2.40. The van der Waals surface area contributed by atoms with E-state index < -0.39 is 11.4 Å². The number of ether oxygens (including phenoxy) is 2. The molecule has 0 saturated heterocycles. The number of benzene rings is 2. The smallest absolute Gasteiger partial charge is 0.341 e. The highest BCUT2D eigenvalue weighted by Crippen LogP contribution is 2.43. The lowest BCUT2D eigenvalue weighted by Crippen LogP contribution is -2.48. The van der Waals surface area contributed by atoms with Gasteiger partial charge in [0.05, 0.1) is 19.6 Å². The van der Waals surface area contributed by atoms with Crippen LogP contribution in [0.2, 0.25) is 0 Å². The van der Waals surface area contributed by atoms with Crippen molar-refractivity contribution in [1.29, 1.82) is 0 Å². The fraction of sp³-hybridized carbons (Fsp3) is 0.333. The van der Waals surface area contributed by atoms with Crippen LogP contribution in [-0.2, 0) is 21.5 Å². The predicted octanol–water partition coefficient (Wildman–Crippen LogP) is 3.22. The predicted molar refractivity (Wildman–Crippen MR) is 98.2 cm³/mol. The molecule has 5 nitrogen and oxygen atoms in total. The van der Waals surface area contributed by atoms with Gasteiger partial charge in [-0.1, -0.05) is 42.8 Å². The fourth-order valence-corrected chi connectivity index (χ4v) is 3.42. The second-order valence-electron chi connectivity index (χ2n) is 6.51. The first-order valence-corrected chi connectivity index (χ1v) is 8.70. The van der Waals surface area contributed by atoms with E-state index in [1.165, 1.54) is 14.2 Å². The summed E-state index contributed by atoms with van der Waals surface area (Å²) in [4.78, 5) is 24.8. The summed E-state index contributed by atoms with van der Waals surface area (Å²) in [6.45, 7) is 0.349. The Balaban J connectivity index is 1.74. The van der Waals surface area contributed by atoms with Crippen molar-refractivity contribution >= 4 is 11.9 Å². The van der Waals surface area contributed by atoms with E-state index >= 15 is 0 Å². The summed E-state index contributed by atoms with van der Waals surface area (Å²) in [6.07, 6.45) is 2.77. The molecule has 1 saturated carbocycles. The maximum absolute atomic E-state index is 12.9. The Kier molecular flexibility index (Phi) is 5.26. The van der Waals surface area contributed by atoms with E-state index in [2.05, 4.69) is 5.32 Å². The van der Waals surface area contributed by atoms with E-state index in [1.54, 1.807) is 12.1 Å². The summed E-state index contributed by atoms with van der Waals surface area (Å²) in [5.41, 5.74) is 1.80. The van der Waals surface area contributed by atoms with Crippen LogP contribution in [0.25, 0.3) is 0 Å². The van der Waals surface area contributed by atoms with Crippen LogP contribution in [0.5, 0.6) is 5.75 Å². The Morgan fingerprint density at radius 3 is 2.38 bits per heavy atom. The van der Waals surface area contributed by atoms with Crippen molar-refractivity contribution in [2.24, 2.45) is 0 Å². The van der Waals surface area contributed by atoms with Crippen LogP contribution in [0.15, 0.2) is 48.5 Å². The van der Waals surface area contributed by atoms with Crippen LogP contribution in [0.3, 0.4) is 0 Å². The van der Waals surface area contributed by atoms with E-state index in [-0.39, 0.29) is 5.91 Å². The van der Waals surface area contributed by atoms with Gasteiger partial charge in [0.2, 0.25) is 5.91 Å². The molecule has 0 unspecified atom stereocenters. The zero-order valence-corrected chi connectivity index (χ0v) is 15.1. The van der Waals surface area contributed by atoms with Crippen molar-refractivity contribution in [2.45, 2.75) is 31.2 Å². The summed E-state index contributed by atoms with van der Waals surface area (Å²) in [5, 5.41) is 3.03. The van der Waals surface area contributed by atoms with Crippen molar-refractivity contribution in [3.63, 3.8) is 0 Å². The monoisotopic (exact) mass is 353 g/mol. The number of esters is 1. The van der Waals surface area contributed by atoms with Crippen molar-refractivity contribution in [2.75, 3.05) is 14.2 Å². The average molecular weight is 353 g/mol. The highest BCUT2D eigenvalue weighted by atomic mass is 16.5. The molecule has 2 aromatic carbocycles. The van der Waals surface area contributed by atoms with Crippen LogP contribution in [0.4, 0.5) is 0 Å². The molecule has 3 rings (SSSR count). The van der Waals surface area contributed by atoms with Gasteiger partial charge in [-0.3, -0.25) is 4.79 Å². The lowest BCUT2D eigenvalue weighted by atomic mass is 9.64. The Morgan fingerprint density at radius 1 is 1.08 bits per heavy atom. The number of carbonyl (C=O) groups is 2. The third kappa shape index (κ3) is 3.29. The minimum absolute atomic E-state index is 0.0328. The minimum Gasteiger partial charge on any atom is -0.496 e. The number of carbonyl (C=O) groups excluding carboxylic acids is 2. The second-order valence-corrected chi connectivity index (χ2v) is 6.51. The lowest BCUT2D eigenvalue weighted by molar-refractivity contribution is -0.130. The van der Waals surface area contributed by atoms with Gasteiger partial charge in [0.25, 0.3) is 0 Å². The van der Waals surface area contributed by atoms with Gasteiger partial charge in [-0.05, 0) is 36.1 Å². The quantitative estimate of drug-likeness (QED) is 0.810. The van der Waals surface area contributed by atoms with Gasteiger partial charge in [-0.2, -0.15) is 0 Å². The largest absolute Gasteiger partial charge is 0.496 e. The molecule has 1 fully saturated rings. The Bertz CT molecular complexity index is 797. The zero-order valence-electron chi connectivity index (χ0n) is 15.1. The highest BCUT2D eigenvalue weighted by molar-refractivity contribution is 5.93. The number of nitrogens with one attached hydrogen (secondary N) is 1. The van der Waals surface area contributed by atoms with Crippen LogP contribution in [0, 0.1) is 0 Å². The van der Waals surface area contributed by atoms with Crippen molar-refractivity contribution in [1.82, 2.24) is 5.32 Å². The Morgan fingerprint density at radius 2 is 1.81 bits per heavy atom. The number of rotatable bonds is 6. The molecule has 1 aliphatic carbocycles. The SMILES string of the molecule is COC(=O)c1cc(CNC(=O)C2(c3ccccc3)CCC2)ccc1OC. The standard InChI is InChI=1S/C21H23NO4/c1-25-18-10-9-15(13-17(18)19(23)26-2)14-22-20(24)21(11-6-12-21)16-7-4-3-5-8-16/h3-5,7-10,13H,6,11-12,14H2,1-2H3,(H,22,24). The van der Waals surface area contributed by atoms with E-state index in [4.69, 9.17) is 9.47 Å². The number of amides is 1. The second kappa shape index (κ2) is 7.60. The first kappa shape index (κ1) is 18.0. The first-order chi connectivity index (χ1) is 12.6. The molecule has 1 aliphatic rings. The van der Waals surface area contributed by atoms with Crippen LogP contribution in [-0.4, -0.2) is 26.1 Å². The third-order valence-electron chi connectivity index (χ3n) is 5.09. The molecule has 26 heavy (non-hydrogen) atoms. The Labute approximate surface area is 153 Å². The summed E-state index contributed by atoms with van der Waals surface area (Å²) in [6, 6.07) is 15.2. The summed E-state index contributed by atoms with van der Waals surface area (Å²) >= 11 is 0. The molecule has 136 valence electrons. The average Bonchev–Trinajstić information content (AvgIpc) is 2.65. The fourth-order valence-electron chi connectivity index (χ4n) is 3.42. The molecular weight excluding hydrogens is 330 g/mol. The highest BCUT2D eigenvalue weighted by Gasteiger charge is 2.45. The zero-order chi connectivity index (χ0) is 18.6. The third-order valence-corrected chi connectivity index (χ3v) is 5.09. The van der Waals surface area contributed by atoms with Gasteiger partial charge in [0, 0.05) is 6.54 Å². The minimum atomic E-state index is -0.463. The molecule has 2 aromatic rings. The topological polar surface area (TPSA) is 64.6 Å². The molecule has 1 amide bonds. The molecule has 5 heteroatoms. The molecule has 0 heterocycles. The van der Waals surface area contributed by atoms with Crippen molar-refractivity contribution in [3.05, 3.63) is 65.2 Å². The molecule has 0 bridgehead atoms. The van der Waals surface area contributed by atoms with E-state index in [0.717, 1.165) is 30.4 Å². The molecule has 0 spiro atoms. The number of hydrogen-bond donors (Lipinski definition) is 1. The van der Waals surface area contributed by atoms with Crippen LogP contribution >= 0.6 is 0 Å². The molecule has 0 aromatic heterocycles. The molecule has 1 N–H and O–H groups in total. The van der Waals surface area contributed by atoms with Crippen molar-refractivity contribution in [3.8, 4) is 5.75 Å². The summed E-state index contributed by atoms with van der Waals surface area (Å²) < 4.78 is 9.99. The Hall–Kier alpha value is -2.82. The summed E-state index contributed by atoms with van der Waals surface area (Å²) in [7, 11) is 2.83.